The lowest BCUT2D eigenvalue weighted by Gasteiger charge is -2.29. The van der Waals surface area contributed by atoms with Gasteiger partial charge in [0.15, 0.2) is 0 Å². The lowest BCUT2D eigenvalue weighted by atomic mass is 10.2. The van der Waals surface area contributed by atoms with Crippen LogP contribution in [0.25, 0.3) is 0 Å². The van der Waals surface area contributed by atoms with Crippen LogP contribution in [0.2, 0.25) is 0 Å². The number of anilines is 2. The molecule has 0 radical (unpaired) electrons. The Morgan fingerprint density at radius 2 is 1.30 bits per heavy atom. The van der Waals surface area contributed by atoms with Crippen LogP contribution in [-0.2, 0) is 0 Å². The molecular weight excluding hydrogens is 287 g/mol. The van der Waals surface area contributed by atoms with E-state index in [0.29, 0.717) is 10.1 Å². The molecule has 108 valence electrons. The molecule has 2 rings (SSSR count). The summed E-state index contributed by atoms with van der Waals surface area (Å²) in [5.74, 6) is 0.523. The Morgan fingerprint density at radius 1 is 0.850 bits per heavy atom. The van der Waals surface area contributed by atoms with E-state index in [1.807, 2.05) is 6.92 Å². The molecular formula is C14H14F3NOS. The number of benzene rings is 2. The topological polar surface area (TPSA) is 12.5 Å². The van der Waals surface area contributed by atoms with E-state index < -0.39 is 11.4 Å². The lowest BCUT2D eigenvalue weighted by molar-refractivity contribution is 0.415. The van der Waals surface area contributed by atoms with Crippen molar-refractivity contribution < 1.29 is 16.4 Å². The summed E-state index contributed by atoms with van der Waals surface area (Å²) >= 11 is -5.41. The molecule has 0 aliphatic rings. The first kappa shape index (κ1) is 14.6. The number of rotatable bonds is 4. The average Bonchev–Trinajstić information content (AvgIpc) is 2.41. The second-order valence-corrected chi connectivity index (χ2v) is 5.34. The number of halogens is 3. The summed E-state index contributed by atoms with van der Waals surface area (Å²) in [5, 5.41) is 0. The highest BCUT2D eigenvalue weighted by atomic mass is 32.3. The molecule has 0 saturated carbocycles. The maximum Gasteiger partial charge on any atom is 0.306 e. The van der Waals surface area contributed by atoms with E-state index in [0.717, 1.165) is 5.56 Å². The van der Waals surface area contributed by atoms with Gasteiger partial charge in [-0.25, -0.2) is 4.31 Å². The quantitative estimate of drug-likeness (QED) is 0.737. The Kier molecular flexibility index (Phi) is 4.13. The van der Waals surface area contributed by atoms with Crippen LogP contribution in [0.3, 0.4) is 0 Å². The van der Waals surface area contributed by atoms with Gasteiger partial charge in [-0.05, 0) is 43.3 Å². The van der Waals surface area contributed by atoms with Crippen LogP contribution in [0.4, 0.5) is 23.0 Å². The fourth-order valence-electron chi connectivity index (χ4n) is 1.79. The Hall–Kier alpha value is -1.82. The van der Waals surface area contributed by atoms with Gasteiger partial charge < -0.3 is 4.74 Å². The molecule has 0 aliphatic carbocycles. The number of hydrogen-bond donors (Lipinski definition) is 0. The minimum Gasteiger partial charge on any atom is -0.497 e. The van der Waals surface area contributed by atoms with Crippen molar-refractivity contribution in [3.05, 3.63) is 54.1 Å². The average molecular weight is 301 g/mol. The molecule has 0 saturated heterocycles. The minimum absolute atomic E-state index is 0.0807. The Bertz CT molecular complexity index is 566. The zero-order chi connectivity index (χ0) is 14.8. The summed E-state index contributed by atoms with van der Waals surface area (Å²) in [6.07, 6.45) is 0. The van der Waals surface area contributed by atoms with Gasteiger partial charge in [-0.1, -0.05) is 17.7 Å². The Balaban J connectivity index is 2.44. The monoisotopic (exact) mass is 301 g/mol. The summed E-state index contributed by atoms with van der Waals surface area (Å²) in [7, 11) is 1.47. The minimum atomic E-state index is -5.41. The smallest absolute Gasteiger partial charge is 0.306 e. The molecule has 0 N–H and O–H groups in total. The van der Waals surface area contributed by atoms with E-state index in [-0.39, 0.29) is 11.4 Å². The molecule has 0 fully saturated rings. The molecule has 2 aromatic rings. The molecule has 0 atom stereocenters. The third kappa shape index (κ3) is 3.19. The Labute approximate surface area is 118 Å². The van der Waals surface area contributed by atoms with Crippen molar-refractivity contribution >= 4 is 22.7 Å². The molecule has 0 aromatic heterocycles. The molecule has 2 nitrogen and oxygen atoms in total. The largest absolute Gasteiger partial charge is 0.497 e. The third-order valence-corrected chi connectivity index (χ3v) is 3.62. The van der Waals surface area contributed by atoms with Crippen molar-refractivity contribution in [1.29, 1.82) is 0 Å². The van der Waals surface area contributed by atoms with E-state index in [9.17, 15) is 11.7 Å². The van der Waals surface area contributed by atoms with Crippen molar-refractivity contribution in [3.8, 4) is 5.75 Å². The van der Waals surface area contributed by atoms with Gasteiger partial charge in [0.25, 0.3) is 0 Å². The number of aryl methyl sites for hydroxylation is 1. The maximum atomic E-state index is 13.4. The van der Waals surface area contributed by atoms with Crippen LogP contribution in [-0.4, -0.2) is 7.11 Å². The van der Waals surface area contributed by atoms with Crippen molar-refractivity contribution in [2.24, 2.45) is 0 Å². The zero-order valence-corrected chi connectivity index (χ0v) is 11.8. The van der Waals surface area contributed by atoms with Crippen LogP contribution in [0.15, 0.2) is 48.5 Å². The van der Waals surface area contributed by atoms with E-state index >= 15 is 0 Å². The third-order valence-electron chi connectivity index (χ3n) is 2.78. The van der Waals surface area contributed by atoms with Crippen LogP contribution < -0.4 is 9.04 Å². The molecule has 0 unspecified atom stereocenters. The van der Waals surface area contributed by atoms with Crippen molar-refractivity contribution in [2.75, 3.05) is 11.4 Å². The zero-order valence-electron chi connectivity index (χ0n) is 11.0. The predicted octanol–water partition coefficient (Wildman–Crippen LogP) is 5.51. The normalized spacial score (nSPS) is 12.1. The highest BCUT2D eigenvalue weighted by Gasteiger charge is 2.33. The SMILES string of the molecule is COc1ccc(N(c2ccc(C)cc2)S(F)(F)F)cc1. The van der Waals surface area contributed by atoms with Crippen molar-refractivity contribution in [3.63, 3.8) is 0 Å². The van der Waals surface area contributed by atoms with E-state index in [4.69, 9.17) is 4.74 Å². The summed E-state index contributed by atoms with van der Waals surface area (Å²) in [5.41, 5.74) is 1.11. The van der Waals surface area contributed by atoms with Gasteiger partial charge in [0.05, 0.1) is 18.5 Å². The van der Waals surface area contributed by atoms with Gasteiger partial charge in [0, 0.05) is 0 Å². The fraction of sp³-hybridized carbons (Fsp3) is 0.143. The highest BCUT2D eigenvalue weighted by Crippen LogP contribution is 2.61. The molecule has 0 amide bonds. The number of nitrogens with zero attached hydrogens (tertiary/aromatic N) is 1. The molecule has 0 bridgehead atoms. The molecule has 20 heavy (non-hydrogen) atoms. The van der Waals surface area contributed by atoms with Crippen molar-refractivity contribution in [2.45, 2.75) is 6.92 Å². The predicted molar refractivity (Wildman–Crippen MR) is 77.2 cm³/mol. The van der Waals surface area contributed by atoms with Gasteiger partial charge in [0.2, 0.25) is 0 Å². The molecule has 2 aromatic carbocycles. The molecule has 0 aliphatic heterocycles. The van der Waals surface area contributed by atoms with Gasteiger partial charge in [-0.15, -0.1) is 11.7 Å². The summed E-state index contributed by atoms with van der Waals surface area (Å²) in [6.45, 7) is 1.84. The first-order valence-electron chi connectivity index (χ1n) is 5.85. The van der Waals surface area contributed by atoms with Gasteiger partial charge in [-0.3, -0.25) is 0 Å². The molecule has 0 heterocycles. The van der Waals surface area contributed by atoms with Crippen molar-refractivity contribution in [1.82, 2.24) is 0 Å². The summed E-state index contributed by atoms with van der Waals surface area (Å²) < 4.78 is 45.4. The van der Waals surface area contributed by atoms with E-state index in [1.165, 1.54) is 43.5 Å². The highest BCUT2D eigenvalue weighted by molar-refractivity contribution is 8.22. The standard InChI is InChI=1S/C14H14F3NOS/c1-11-3-5-12(6-4-11)18(20(15,16)17)13-7-9-14(19-2)10-8-13/h3-10H,1-2H3. The van der Waals surface area contributed by atoms with Gasteiger partial charge in [-0.2, -0.15) is 0 Å². The Morgan fingerprint density at radius 3 is 1.70 bits per heavy atom. The first-order chi connectivity index (χ1) is 9.41. The number of ether oxygens (including phenoxy) is 1. The van der Waals surface area contributed by atoms with E-state index in [1.54, 1.807) is 12.1 Å². The lowest BCUT2D eigenvalue weighted by Crippen LogP contribution is -2.13. The number of hydrogen-bond acceptors (Lipinski definition) is 2. The van der Waals surface area contributed by atoms with Crippen LogP contribution in [0.5, 0.6) is 5.75 Å². The van der Waals surface area contributed by atoms with E-state index in [2.05, 4.69) is 0 Å². The first-order valence-corrected chi connectivity index (χ1v) is 7.14. The fourth-order valence-corrected chi connectivity index (χ4v) is 2.51. The summed E-state index contributed by atoms with van der Waals surface area (Å²) in [4.78, 5) is 0. The van der Waals surface area contributed by atoms with Gasteiger partial charge in [0.1, 0.15) is 5.75 Å². The van der Waals surface area contributed by atoms with Gasteiger partial charge >= 0.3 is 11.4 Å². The summed E-state index contributed by atoms with van der Waals surface area (Å²) in [6, 6.07) is 12.1. The van der Waals surface area contributed by atoms with Crippen LogP contribution in [0.1, 0.15) is 5.56 Å². The van der Waals surface area contributed by atoms with Crippen LogP contribution >= 0.6 is 11.4 Å². The molecule has 6 heteroatoms. The maximum absolute atomic E-state index is 13.4. The number of methoxy groups -OCH3 is 1. The van der Waals surface area contributed by atoms with Crippen LogP contribution in [0, 0.1) is 6.92 Å². The second kappa shape index (κ2) is 5.66. The molecule has 0 spiro atoms. The second-order valence-electron chi connectivity index (χ2n) is 4.21.